The zero-order valence-corrected chi connectivity index (χ0v) is 12.8. The predicted molar refractivity (Wildman–Crippen MR) is 84.3 cm³/mol. The first-order valence-electron chi connectivity index (χ1n) is 8.01. The fourth-order valence-electron chi connectivity index (χ4n) is 3.01. The van der Waals surface area contributed by atoms with Crippen LogP contribution in [0.15, 0.2) is 22.6 Å². The van der Waals surface area contributed by atoms with Crippen LogP contribution in [0.1, 0.15) is 68.8 Å². The molecule has 0 saturated heterocycles. The van der Waals surface area contributed by atoms with E-state index in [1.807, 2.05) is 0 Å². The molecule has 1 fully saturated rings. The van der Waals surface area contributed by atoms with E-state index in [4.69, 9.17) is 4.42 Å². The molecular formula is C18H25NO. The molecule has 0 aliphatic heterocycles. The smallest absolute Gasteiger partial charge is 0.138 e. The minimum atomic E-state index is 0.559. The highest BCUT2D eigenvalue weighted by Crippen LogP contribution is 2.47. The Balaban J connectivity index is 2.11. The van der Waals surface area contributed by atoms with E-state index in [9.17, 15) is 0 Å². The van der Waals surface area contributed by atoms with Gasteiger partial charge in [0.15, 0.2) is 0 Å². The van der Waals surface area contributed by atoms with Crippen molar-refractivity contribution < 1.29 is 4.42 Å². The zero-order chi connectivity index (χ0) is 14.1. The van der Waals surface area contributed by atoms with Gasteiger partial charge in [0, 0.05) is 10.9 Å². The number of rotatable bonds is 6. The third kappa shape index (κ3) is 2.37. The second-order valence-electron chi connectivity index (χ2n) is 6.03. The molecule has 2 aromatic rings. The monoisotopic (exact) mass is 271 g/mol. The van der Waals surface area contributed by atoms with Gasteiger partial charge in [-0.3, -0.25) is 0 Å². The summed E-state index contributed by atoms with van der Waals surface area (Å²) in [5, 5.41) is 4.78. The Morgan fingerprint density at radius 2 is 2.10 bits per heavy atom. The molecule has 2 heteroatoms. The Labute approximate surface area is 121 Å². The van der Waals surface area contributed by atoms with Crippen molar-refractivity contribution in [2.75, 3.05) is 6.54 Å². The number of para-hydroxylation sites is 1. The van der Waals surface area contributed by atoms with Gasteiger partial charge in [0.1, 0.15) is 11.3 Å². The summed E-state index contributed by atoms with van der Waals surface area (Å²) in [7, 11) is 0. The molecule has 1 unspecified atom stereocenters. The first-order chi connectivity index (χ1) is 9.76. The Morgan fingerprint density at radius 1 is 1.30 bits per heavy atom. The fourth-order valence-corrected chi connectivity index (χ4v) is 3.01. The van der Waals surface area contributed by atoms with Crippen LogP contribution in [-0.4, -0.2) is 6.54 Å². The topological polar surface area (TPSA) is 25.2 Å². The van der Waals surface area contributed by atoms with Crippen LogP contribution in [0.5, 0.6) is 0 Å². The van der Waals surface area contributed by atoms with Crippen molar-refractivity contribution >= 4 is 11.0 Å². The minimum Gasteiger partial charge on any atom is -0.459 e. The predicted octanol–water partition coefficient (Wildman–Crippen LogP) is 4.93. The Bertz CT molecular complexity index is 595. The van der Waals surface area contributed by atoms with Crippen LogP contribution >= 0.6 is 0 Å². The van der Waals surface area contributed by atoms with Crippen molar-refractivity contribution in [2.24, 2.45) is 0 Å². The lowest BCUT2D eigenvalue weighted by Crippen LogP contribution is -2.12. The van der Waals surface area contributed by atoms with Crippen molar-refractivity contribution in [1.82, 2.24) is 5.32 Å². The third-order valence-corrected chi connectivity index (χ3v) is 4.53. The molecule has 1 aromatic carbocycles. The molecule has 1 aliphatic rings. The number of nitrogens with one attached hydrogen (secondary N) is 1. The SMILES string of the molecule is CCNCc1oc2c(C(C)CC)cccc2c1C1CC1. The third-order valence-electron chi connectivity index (χ3n) is 4.53. The lowest BCUT2D eigenvalue weighted by atomic mass is 9.95. The van der Waals surface area contributed by atoms with Crippen LogP contribution in [0.25, 0.3) is 11.0 Å². The standard InChI is InChI=1S/C18H25NO/c1-4-12(3)14-7-6-8-15-17(13-9-10-13)16(11-19-5-2)20-18(14)15/h6-8,12-13,19H,4-5,9-11H2,1-3H3. The largest absolute Gasteiger partial charge is 0.459 e. The fraction of sp³-hybridized carbons (Fsp3) is 0.556. The molecule has 3 rings (SSSR count). The number of hydrogen-bond acceptors (Lipinski definition) is 2. The normalized spacial score (nSPS) is 16.8. The number of furan rings is 1. The Hall–Kier alpha value is -1.28. The van der Waals surface area contributed by atoms with E-state index in [1.165, 1.54) is 35.1 Å². The average molecular weight is 271 g/mol. The van der Waals surface area contributed by atoms with E-state index >= 15 is 0 Å². The van der Waals surface area contributed by atoms with Crippen LogP contribution in [-0.2, 0) is 6.54 Å². The van der Waals surface area contributed by atoms with Crippen LogP contribution in [0, 0.1) is 0 Å². The molecule has 0 spiro atoms. The van der Waals surface area contributed by atoms with Crippen LogP contribution in [0.2, 0.25) is 0 Å². The molecule has 1 atom stereocenters. The van der Waals surface area contributed by atoms with Gasteiger partial charge in [0.05, 0.1) is 6.54 Å². The van der Waals surface area contributed by atoms with Gasteiger partial charge in [0.2, 0.25) is 0 Å². The highest BCUT2D eigenvalue weighted by molar-refractivity contribution is 5.86. The average Bonchev–Trinajstić information content (AvgIpc) is 3.24. The van der Waals surface area contributed by atoms with Crippen LogP contribution < -0.4 is 5.32 Å². The second kappa shape index (κ2) is 5.61. The maximum atomic E-state index is 6.29. The summed E-state index contributed by atoms with van der Waals surface area (Å²) in [6, 6.07) is 6.67. The van der Waals surface area contributed by atoms with Gasteiger partial charge in [0.25, 0.3) is 0 Å². The summed E-state index contributed by atoms with van der Waals surface area (Å²) in [5.74, 6) is 2.46. The van der Waals surface area contributed by atoms with Crippen molar-refractivity contribution in [3.63, 3.8) is 0 Å². The molecule has 1 aliphatic carbocycles. The molecule has 108 valence electrons. The molecule has 0 radical (unpaired) electrons. The molecule has 1 heterocycles. The molecular weight excluding hydrogens is 246 g/mol. The van der Waals surface area contributed by atoms with Crippen LogP contribution in [0.3, 0.4) is 0 Å². The van der Waals surface area contributed by atoms with E-state index in [1.54, 1.807) is 0 Å². The lowest BCUT2D eigenvalue weighted by Gasteiger charge is -2.09. The summed E-state index contributed by atoms with van der Waals surface area (Å²) < 4.78 is 6.29. The lowest BCUT2D eigenvalue weighted by molar-refractivity contribution is 0.509. The highest BCUT2D eigenvalue weighted by Gasteiger charge is 2.31. The maximum absolute atomic E-state index is 6.29. The van der Waals surface area contributed by atoms with Gasteiger partial charge in [-0.05, 0) is 43.2 Å². The molecule has 1 N–H and O–H groups in total. The van der Waals surface area contributed by atoms with E-state index < -0.39 is 0 Å². The highest BCUT2D eigenvalue weighted by atomic mass is 16.3. The summed E-state index contributed by atoms with van der Waals surface area (Å²) in [4.78, 5) is 0. The van der Waals surface area contributed by atoms with Gasteiger partial charge in [-0.1, -0.05) is 39.0 Å². The first kappa shape index (κ1) is 13.7. The number of hydrogen-bond donors (Lipinski definition) is 1. The van der Waals surface area contributed by atoms with Crippen molar-refractivity contribution in [2.45, 2.75) is 58.4 Å². The molecule has 1 saturated carbocycles. The van der Waals surface area contributed by atoms with Gasteiger partial charge in [-0.25, -0.2) is 0 Å². The van der Waals surface area contributed by atoms with E-state index in [-0.39, 0.29) is 0 Å². The van der Waals surface area contributed by atoms with Crippen molar-refractivity contribution in [3.05, 3.63) is 35.1 Å². The van der Waals surface area contributed by atoms with E-state index in [0.29, 0.717) is 5.92 Å². The Morgan fingerprint density at radius 3 is 2.75 bits per heavy atom. The van der Waals surface area contributed by atoms with Gasteiger partial charge in [-0.2, -0.15) is 0 Å². The van der Waals surface area contributed by atoms with E-state index in [0.717, 1.165) is 31.0 Å². The quantitative estimate of drug-likeness (QED) is 0.805. The summed E-state index contributed by atoms with van der Waals surface area (Å²) in [6.07, 6.45) is 3.80. The molecule has 1 aromatic heterocycles. The van der Waals surface area contributed by atoms with Crippen LogP contribution in [0.4, 0.5) is 0 Å². The summed E-state index contributed by atoms with van der Waals surface area (Å²) in [6.45, 7) is 8.52. The maximum Gasteiger partial charge on any atom is 0.138 e. The number of benzene rings is 1. The minimum absolute atomic E-state index is 0.559. The van der Waals surface area contributed by atoms with Gasteiger partial charge < -0.3 is 9.73 Å². The second-order valence-corrected chi connectivity index (χ2v) is 6.03. The Kier molecular flexibility index (Phi) is 3.84. The first-order valence-corrected chi connectivity index (χ1v) is 8.01. The van der Waals surface area contributed by atoms with Gasteiger partial charge in [-0.15, -0.1) is 0 Å². The zero-order valence-electron chi connectivity index (χ0n) is 12.8. The van der Waals surface area contributed by atoms with Crippen molar-refractivity contribution in [1.29, 1.82) is 0 Å². The molecule has 20 heavy (non-hydrogen) atoms. The number of fused-ring (bicyclic) bond motifs is 1. The summed E-state index contributed by atoms with van der Waals surface area (Å²) in [5.41, 5.74) is 3.98. The van der Waals surface area contributed by atoms with Gasteiger partial charge >= 0.3 is 0 Å². The molecule has 2 nitrogen and oxygen atoms in total. The summed E-state index contributed by atoms with van der Waals surface area (Å²) >= 11 is 0. The molecule has 0 bridgehead atoms. The van der Waals surface area contributed by atoms with E-state index in [2.05, 4.69) is 44.3 Å². The molecule has 0 amide bonds. The van der Waals surface area contributed by atoms with Crippen molar-refractivity contribution in [3.8, 4) is 0 Å².